The Labute approximate surface area is 76.0 Å². The molecule has 0 saturated heterocycles. The second-order valence-corrected chi connectivity index (χ2v) is 2.54. The number of methoxy groups -OCH3 is 1. The lowest BCUT2D eigenvalue weighted by Gasteiger charge is -1.94. The minimum Gasteiger partial charge on any atom is -0.468 e. The van der Waals surface area contributed by atoms with E-state index in [1.807, 2.05) is 24.3 Å². The molecule has 0 amide bonds. The van der Waals surface area contributed by atoms with Crippen molar-refractivity contribution in [1.29, 1.82) is 0 Å². The fourth-order valence-corrected chi connectivity index (χ4v) is 1.08. The van der Waals surface area contributed by atoms with Gasteiger partial charge in [0, 0.05) is 12.3 Å². The van der Waals surface area contributed by atoms with Crippen molar-refractivity contribution in [3.05, 3.63) is 36.5 Å². The zero-order valence-electron chi connectivity index (χ0n) is 7.23. The molecule has 0 spiro atoms. The Bertz CT molecular complexity index is 381. The van der Waals surface area contributed by atoms with Crippen LogP contribution in [0.1, 0.15) is 0 Å². The zero-order valence-corrected chi connectivity index (χ0v) is 7.23. The number of nitrogens with zero attached hydrogens (tertiary/aromatic N) is 1. The van der Waals surface area contributed by atoms with Gasteiger partial charge in [0.15, 0.2) is 5.76 Å². The third-order valence-corrected chi connectivity index (χ3v) is 1.70. The normalized spacial score (nSPS) is 9.92. The number of rotatable bonds is 2. The first-order chi connectivity index (χ1) is 6.40. The van der Waals surface area contributed by atoms with E-state index in [2.05, 4.69) is 4.98 Å². The Hall–Kier alpha value is -1.77. The highest BCUT2D eigenvalue weighted by molar-refractivity contribution is 5.52. The topological polar surface area (TPSA) is 35.3 Å². The average molecular weight is 175 g/mol. The summed E-state index contributed by atoms with van der Waals surface area (Å²) in [4.78, 5) is 4.15. The third-order valence-electron chi connectivity index (χ3n) is 1.70. The fourth-order valence-electron chi connectivity index (χ4n) is 1.08. The van der Waals surface area contributed by atoms with Crippen LogP contribution >= 0.6 is 0 Å². The summed E-state index contributed by atoms with van der Waals surface area (Å²) >= 11 is 0. The highest BCUT2D eigenvalue weighted by Gasteiger charge is 2.04. The molecule has 2 aromatic rings. The van der Waals surface area contributed by atoms with Crippen molar-refractivity contribution < 1.29 is 9.15 Å². The smallest absolute Gasteiger partial charge is 0.284 e. The van der Waals surface area contributed by atoms with Gasteiger partial charge in [-0.25, -0.2) is 0 Å². The van der Waals surface area contributed by atoms with Gasteiger partial charge >= 0.3 is 0 Å². The highest BCUT2D eigenvalue weighted by atomic mass is 16.6. The predicted molar refractivity (Wildman–Crippen MR) is 48.5 cm³/mol. The molecule has 0 unspecified atom stereocenters. The second-order valence-electron chi connectivity index (χ2n) is 2.54. The Balaban J connectivity index is 2.36. The molecule has 0 saturated carbocycles. The van der Waals surface area contributed by atoms with Gasteiger partial charge in [0.2, 0.25) is 0 Å². The first-order valence-electron chi connectivity index (χ1n) is 3.95. The molecule has 0 fully saturated rings. The molecule has 2 heterocycles. The molecule has 0 atom stereocenters. The van der Waals surface area contributed by atoms with E-state index in [-0.39, 0.29) is 0 Å². The van der Waals surface area contributed by atoms with Gasteiger partial charge in [0.1, 0.15) is 5.69 Å². The van der Waals surface area contributed by atoms with Crippen LogP contribution < -0.4 is 4.74 Å². The lowest BCUT2D eigenvalue weighted by molar-refractivity contribution is 0.309. The minimum atomic E-state index is 0.501. The van der Waals surface area contributed by atoms with E-state index in [0.717, 1.165) is 11.5 Å². The molecule has 3 nitrogen and oxygen atoms in total. The van der Waals surface area contributed by atoms with E-state index in [9.17, 15) is 0 Å². The van der Waals surface area contributed by atoms with Crippen LogP contribution in [-0.4, -0.2) is 12.1 Å². The second kappa shape index (κ2) is 3.31. The SMILES string of the molecule is COc1ccc(-c2ccccn2)o1. The Morgan fingerprint density at radius 2 is 2.15 bits per heavy atom. The van der Waals surface area contributed by atoms with Gasteiger partial charge < -0.3 is 9.15 Å². The molecular formula is C10H9NO2. The van der Waals surface area contributed by atoms with Crippen molar-refractivity contribution >= 4 is 0 Å². The van der Waals surface area contributed by atoms with E-state index in [1.54, 1.807) is 19.4 Å². The van der Waals surface area contributed by atoms with Gasteiger partial charge in [-0.05, 0) is 18.2 Å². The average Bonchev–Trinajstić information content (AvgIpc) is 2.67. The lowest BCUT2D eigenvalue weighted by atomic mass is 10.3. The third kappa shape index (κ3) is 1.54. The van der Waals surface area contributed by atoms with Crippen molar-refractivity contribution in [3.8, 4) is 17.4 Å². The fraction of sp³-hybridized carbons (Fsp3) is 0.100. The van der Waals surface area contributed by atoms with E-state index >= 15 is 0 Å². The van der Waals surface area contributed by atoms with Crippen LogP contribution in [0.15, 0.2) is 40.9 Å². The number of furan rings is 1. The Kier molecular flexibility index (Phi) is 2.00. The molecule has 13 heavy (non-hydrogen) atoms. The van der Waals surface area contributed by atoms with Gasteiger partial charge in [0.05, 0.1) is 7.11 Å². The summed E-state index contributed by atoms with van der Waals surface area (Å²) in [6.07, 6.45) is 1.73. The van der Waals surface area contributed by atoms with Crippen LogP contribution in [0.25, 0.3) is 11.5 Å². The standard InChI is InChI=1S/C10H9NO2/c1-12-10-6-5-9(13-10)8-4-2-3-7-11-8/h2-7H,1H3. The van der Waals surface area contributed by atoms with E-state index in [4.69, 9.17) is 9.15 Å². The van der Waals surface area contributed by atoms with Gasteiger partial charge in [-0.1, -0.05) is 6.07 Å². The molecular weight excluding hydrogens is 166 g/mol. The molecule has 0 bridgehead atoms. The van der Waals surface area contributed by atoms with Crippen LogP contribution in [0.2, 0.25) is 0 Å². The molecule has 2 aromatic heterocycles. The van der Waals surface area contributed by atoms with Crippen LogP contribution in [0, 0.1) is 0 Å². The molecule has 0 radical (unpaired) electrons. The zero-order chi connectivity index (χ0) is 9.10. The number of aromatic nitrogens is 1. The summed E-state index contributed by atoms with van der Waals surface area (Å²) in [7, 11) is 1.57. The van der Waals surface area contributed by atoms with Crippen LogP contribution in [-0.2, 0) is 0 Å². The monoisotopic (exact) mass is 175 g/mol. The molecule has 66 valence electrons. The van der Waals surface area contributed by atoms with Crippen LogP contribution in [0.5, 0.6) is 5.95 Å². The van der Waals surface area contributed by atoms with Crippen molar-refractivity contribution in [2.24, 2.45) is 0 Å². The summed E-state index contributed by atoms with van der Waals surface area (Å²) < 4.78 is 10.3. The van der Waals surface area contributed by atoms with Crippen molar-refractivity contribution in [2.75, 3.05) is 7.11 Å². The molecule has 0 aliphatic rings. The molecule has 0 aliphatic carbocycles. The number of hydrogen-bond donors (Lipinski definition) is 0. The summed E-state index contributed by atoms with van der Waals surface area (Å²) in [5.74, 6) is 1.22. The number of pyridine rings is 1. The van der Waals surface area contributed by atoms with Gasteiger partial charge in [-0.2, -0.15) is 0 Å². The quantitative estimate of drug-likeness (QED) is 0.702. The largest absolute Gasteiger partial charge is 0.468 e. The summed E-state index contributed by atoms with van der Waals surface area (Å²) in [5, 5.41) is 0. The van der Waals surface area contributed by atoms with Crippen molar-refractivity contribution in [2.45, 2.75) is 0 Å². The number of ether oxygens (including phenoxy) is 1. The molecule has 0 aromatic carbocycles. The highest BCUT2D eigenvalue weighted by Crippen LogP contribution is 2.23. The maximum absolute atomic E-state index is 5.33. The van der Waals surface area contributed by atoms with Crippen LogP contribution in [0.3, 0.4) is 0 Å². The Morgan fingerprint density at radius 1 is 1.23 bits per heavy atom. The van der Waals surface area contributed by atoms with E-state index < -0.39 is 0 Å². The van der Waals surface area contributed by atoms with Gasteiger partial charge in [-0.3, -0.25) is 4.98 Å². The molecule has 3 heteroatoms. The first-order valence-corrected chi connectivity index (χ1v) is 3.95. The summed E-state index contributed by atoms with van der Waals surface area (Å²) in [5.41, 5.74) is 0.811. The van der Waals surface area contributed by atoms with E-state index in [0.29, 0.717) is 5.95 Å². The molecule has 2 rings (SSSR count). The maximum atomic E-state index is 5.33. The molecule has 0 N–H and O–H groups in total. The Morgan fingerprint density at radius 3 is 2.77 bits per heavy atom. The first kappa shape index (κ1) is 7.86. The van der Waals surface area contributed by atoms with Gasteiger partial charge in [-0.15, -0.1) is 0 Å². The van der Waals surface area contributed by atoms with Gasteiger partial charge in [0.25, 0.3) is 5.95 Å². The number of hydrogen-bond acceptors (Lipinski definition) is 3. The lowest BCUT2D eigenvalue weighted by Crippen LogP contribution is -1.78. The minimum absolute atomic E-state index is 0.501. The predicted octanol–water partition coefficient (Wildman–Crippen LogP) is 2.35. The van der Waals surface area contributed by atoms with E-state index in [1.165, 1.54) is 0 Å². The van der Waals surface area contributed by atoms with Crippen molar-refractivity contribution in [3.63, 3.8) is 0 Å². The molecule has 0 aliphatic heterocycles. The summed E-state index contributed by atoms with van der Waals surface area (Å²) in [6, 6.07) is 9.27. The van der Waals surface area contributed by atoms with Crippen molar-refractivity contribution in [1.82, 2.24) is 4.98 Å². The summed E-state index contributed by atoms with van der Waals surface area (Å²) in [6.45, 7) is 0. The maximum Gasteiger partial charge on any atom is 0.284 e. The van der Waals surface area contributed by atoms with Crippen LogP contribution in [0.4, 0.5) is 0 Å².